The second kappa shape index (κ2) is 7.17. The molecule has 0 saturated carbocycles. The summed E-state index contributed by atoms with van der Waals surface area (Å²) in [4.78, 5) is 20.3. The number of aromatic nitrogens is 2. The van der Waals surface area contributed by atoms with Crippen LogP contribution in [0.1, 0.15) is 27.2 Å². The third-order valence-electron chi connectivity index (χ3n) is 2.79. The zero-order chi connectivity index (χ0) is 15.1. The Labute approximate surface area is 123 Å². The third kappa shape index (κ3) is 4.13. The number of aryl methyl sites for hydroxylation is 1. The molecule has 21 heavy (non-hydrogen) atoms. The van der Waals surface area contributed by atoms with Crippen LogP contribution in [0.5, 0.6) is 0 Å². The molecule has 0 bridgehead atoms. The minimum Gasteiger partial charge on any atom is -0.384 e. The third-order valence-corrected chi connectivity index (χ3v) is 2.79. The van der Waals surface area contributed by atoms with E-state index in [2.05, 4.69) is 27.1 Å². The minimum atomic E-state index is -0.259. The van der Waals surface area contributed by atoms with Crippen molar-refractivity contribution in [1.82, 2.24) is 15.3 Å². The van der Waals surface area contributed by atoms with Gasteiger partial charge in [0.25, 0.3) is 5.91 Å². The lowest BCUT2D eigenvalue weighted by atomic mass is 10.1. The Morgan fingerprint density at radius 2 is 2.19 bits per heavy atom. The van der Waals surface area contributed by atoms with Crippen molar-refractivity contribution in [3.8, 4) is 11.8 Å². The zero-order valence-electron chi connectivity index (χ0n) is 11.6. The first-order chi connectivity index (χ1) is 10.2. The molecule has 2 rings (SSSR count). The van der Waals surface area contributed by atoms with E-state index in [4.69, 9.17) is 5.11 Å². The van der Waals surface area contributed by atoms with Crippen molar-refractivity contribution in [2.24, 2.45) is 0 Å². The molecule has 0 aromatic carbocycles. The van der Waals surface area contributed by atoms with Gasteiger partial charge in [-0.15, -0.1) is 0 Å². The normalized spacial score (nSPS) is 9.62. The van der Waals surface area contributed by atoms with E-state index < -0.39 is 0 Å². The molecule has 106 valence electrons. The smallest absolute Gasteiger partial charge is 0.252 e. The Bertz CT molecular complexity index is 685. The van der Waals surface area contributed by atoms with Gasteiger partial charge in [-0.25, -0.2) is 0 Å². The molecule has 2 aromatic rings. The van der Waals surface area contributed by atoms with Crippen molar-refractivity contribution in [3.63, 3.8) is 0 Å². The lowest BCUT2D eigenvalue weighted by Gasteiger charge is -2.07. The summed E-state index contributed by atoms with van der Waals surface area (Å²) >= 11 is 0. The summed E-state index contributed by atoms with van der Waals surface area (Å²) in [6.45, 7) is 2.04. The summed E-state index contributed by atoms with van der Waals surface area (Å²) in [6, 6.07) is 5.41. The molecule has 2 heterocycles. The van der Waals surface area contributed by atoms with Gasteiger partial charge in [0.2, 0.25) is 0 Å². The van der Waals surface area contributed by atoms with Gasteiger partial charge in [-0.3, -0.25) is 14.8 Å². The quantitative estimate of drug-likeness (QED) is 0.825. The van der Waals surface area contributed by atoms with Gasteiger partial charge in [0.15, 0.2) is 0 Å². The van der Waals surface area contributed by atoms with Crippen molar-refractivity contribution >= 4 is 5.91 Å². The number of carbonyl (C=O) groups is 1. The SMILES string of the molecule is Cc1ccc(CNC(=O)c2ccncc2C#CCO)cn1. The van der Waals surface area contributed by atoms with E-state index >= 15 is 0 Å². The van der Waals surface area contributed by atoms with Crippen LogP contribution in [-0.2, 0) is 6.54 Å². The van der Waals surface area contributed by atoms with Crippen LogP contribution < -0.4 is 5.32 Å². The number of rotatable bonds is 3. The maximum atomic E-state index is 12.2. The number of hydrogen-bond acceptors (Lipinski definition) is 4. The number of nitrogens with zero attached hydrogens (tertiary/aromatic N) is 2. The predicted octanol–water partition coefficient (Wildman–Crippen LogP) is 1.06. The molecule has 2 aromatic heterocycles. The van der Waals surface area contributed by atoms with E-state index in [1.54, 1.807) is 12.3 Å². The highest BCUT2D eigenvalue weighted by Gasteiger charge is 2.09. The number of amides is 1. The highest BCUT2D eigenvalue weighted by molar-refractivity contribution is 5.96. The molecule has 5 heteroatoms. The lowest BCUT2D eigenvalue weighted by Crippen LogP contribution is -2.23. The molecule has 0 radical (unpaired) electrons. The molecule has 0 fully saturated rings. The molecule has 2 N–H and O–H groups in total. The van der Waals surface area contributed by atoms with Crippen molar-refractivity contribution in [3.05, 3.63) is 59.2 Å². The first kappa shape index (κ1) is 14.7. The number of nitrogens with one attached hydrogen (secondary N) is 1. The van der Waals surface area contributed by atoms with Crippen LogP contribution in [0, 0.1) is 18.8 Å². The summed E-state index contributed by atoms with van der Waals surface area (Å²) in [7, 11) is 0. The summed E-state index contributed by atoms with van der Waals surface area (Å²) in [5.41, 5.74) is 2.78. The fourth-order valence-corrected chi connectivity index (χ4v) is 1.71. The average Bonchev–Trinajstić information content (AvgIpc) is 2.52. The summed E-state index contributed by atoms with van der Waals surface area (Å²) in [6.07, 6.45) is 4.77. The van der Waals surface area contributed by atoms with Gasteiger partial charge in [-0.2, -0.15) is 0 Å². The second-order valence-electron chi connectivity index (χ2n) is 4.37. The largest absolute Gasteiger partial charge is 0.384 e. The van der Waals surface area contributed by atoms with E-state index in [-0.39, 0.29) is 12.5 Å². The molecule has 0 saturated heterocycles. The fraction of sp³-hybridized carbons (Fsp3) is 0.188. The summed E-state index contributed by atoms with van der Waals surface area (Å²) in [5, 5.41) is 11.5. The number of hydrogen-bond donors (Lipinski definition) is 2. The number of aliphatic hydroxyl groups excluding tert-OH is 1. The Hall–Kier alpha value is -2.71. The van der Waals surface area contributed by atoms with E-state index in [1.165, 1.54) is 12.4 Å². The Balaban J connectivity index is 2.08. The van der Waals surface area contributed by atoms with Crippen molar-refractivity contribution in [2.45, 2.75) is 13.5 Å². The molecule has 0 spiro atoms. The van der Waals surface area contributed by atoms with E-state index in [9.17, 15) is 4.79 Å². The molecular weight excluding hydrogens is 266 g/mol. The van der Waals surface area contributed by atoms with Crippen LogP contribution >= 0.6 is 0 Å². The van der Waals surface area contributed by atoms with E-state index in [0.29, 0.717) is 17.7 Å². The zero-order valence-corrected chi connectivity index (χ0v) is 11.6. The van der Waals surface area contributed by atoms with Crippen LogP contribution in [0.3, 0.4) is 0 Å². The van der Waals surface area contributed by atoms with E-state index in [0.717, 1.165) is 11.3 Å². The van der Waals surface area contributed by atoms with Gasteiger partial charge in [0, 0.05) is 30.8 Å². The summed E-state index contributed by atoms with van der Waals surface area (Å²) in [5.74, 6) is 4.99. The predicted molar refractivity (Wildman–Crippen MR) is 78.3 cm³/mol. The molecule has 0 aliphatic heterocycles. The fourth-order valence-electron chi connectivity index (χ4n) is 1.71. The number of carbonyl (C=O) groups excluding carboxylic acids is 1. The summed E-state index contributed by atoms with van der Waals surface area (Å²) < 4.78 is 0. The Kier molecular flexibility index (Phi) is 5.02. The first-order valence-electron chi connectivity index (χ1n) is 6.44. The molecular formula is C16H15N3O2. The second-order valence-corrected chi connectivity index (χ2v) is 4.37. The van der Waals surface area contributed by atoms with Gasteiger partial charge in [0.05, 0.1) is 11.1 Å². The van der Waals surface area contributed by atoms with Crippen molar-refractivity contribution in [1.29, 1.82) is 0 Å². The van der Waals surface area contributed by atoms with Gasteiger partial charge >= 0.3 is 0 Å². The Morgan fingerprint density at radius 1 is 1.33 bits per heavy atom. The minimum absolute atomic E-state index is 0.236. The van der Waals surface area contributed by atoms with Gasteiger partial charge in [0.1, 0.15) is 6.61 Å². The highest BCUT2D eigenvalue weighted by Crippen LogP contribution is 2.06. The molecule has 5 nitrogen and oxygen atoms in total. The molecule has 0 aliphatic rings. The monoisotopic (exact) mass is 281 g/mol. The topological polar surface area (TPSA) is 75.1 Å². The highest BCUT2D eigenvalue weighted by atomic mass is 16.2. The van der Waals surface area contributed by atoms with Gasteiger partial charge < -0.3 is 10.4 Å². The average molecular weight is 281 g/mol. The standard InChI is InChI=1S/C16H15N3O2/c1-12-4-5-13(9-18-12)10-19-16(21)15-6-7-17-11-14(15)3-2-8-20/h4-7,9,11,20H,8,10H2,1H3,(H,19,21). The maximum absolute atomic E-state index is 12.2. The lowest BCUT2D eigenvalue weighted by molar-refractivity contribution is 0.0950. The first-order valence-corrected chi connectivity index (χ1v) is 6.44. The van der Waals surface area contributed by atoms with Crippen molar-refractivity contribution in [2.75, 3.05) is 6.61 Å². The van der Waals surface area contributed by atoms with Crippen molar-refractivity contribution < 1.29 is 9.90 Å². The van der Waals surface area contributed by atoms with E-state index in [1.807, 2.05) is 19.1 Å². The van der Waals surface area contributed by atoms with Crippen LogP contribution in [-0.4, -0.2) is 27.6 Å². The van der Waals surface area contributed by atoms with Gasteiger partial charge in [-0.1, -0.05) is 17.9 Å². The number of pyridine rings is 2. The van der Waals surface area contributed by atoms with Crippen LogP contribution in [0.2, 0.25) is 0 Å². The van der Waals surface area contributed by atoms with Crippen LogP contribution in [0.25, 0.3) is 0 Å². The Morgan fingerprint density at radius 3 is 2.90 bits per heavy atom. The van der Waals surface area contributed by atoms with Crippen LogP contribution in [0.4, 0.5) is 0 Å². The molecule has 0 atom stereocenters. The number of aliphatic hydroxyl groups is 1. The molecule has 1 amide bonds. The van der Waals surface area contributed by atoms with Gasteiger partial charge in [-0.05, 0) is 24.6 Å². The molecule has 0 unspecified atom stereocenters. The van der Waals surface area contributed by atoms with Crippen LogP contribution in [0.15, 0.2) is 36.8 Å². The molecule has 0 aliphatic carbocycles. The maximum Gasteiger partial charge on any atom is 0.252 e.